The molecule has 1 aromatic heterocycles. The summed E-state index contributed by atoms with van der Waals surface area (Å²) >= 11 is 6.04. The maximum Gasteiger partial charge on any atom is 0.225 e. The molecule has 2 N–H and O–H groups in total. The number of halogens is 1. The van der Waals surface area contributed by atoms with Gasteiger partial charge < -0.3 is 15.1 Å². The molecule has 1 aromatic carbocycles. The van der Waals surface area contributed by atoms with Crippen molar-refractivity contribution in [2.24, 2.45) is 0 Å². The van der Waals surface area contributed by atoms with Crippen molar-refractivity contribution in [1.29, 1.82) is 0 Å². The number of hydrogen-bond donors (Lipinski definition) is 2. The molecule has 112 valence electrons. The fourth-order valence-electron chi connectivity index (χ4n) is 1.92. The van der Waals surface area contributed by atoms with Crippen molar-refractivity contribution in [3.63, 3.8) is 0 Å². The Morgan fingerprint density at radius 1 is 1.38 bits per heavy atom. The van der Waals surface area contributed by atoms with Gasteiger partial charge in [0.1, 0.15) is 5.76 Å². The lowest BCUT2D eigenvalue weighted by Crippen LogP contribution is -2.30. The summed E-state index contributed by atoms with van der Waals surface area (Å²) in [5, 5.41) is 6.74. The summed E-state index contributed by atoms with van der Waals surface area (Å²) in [6.45, 7) is 4.50. The van der Waals surface area contributed by atoms with E-state index in [0.29, 0.717) is 23.7 Å². The van der Waals surface area contributed by atoms with Gasteiger partial charge >= 0.3 is 0 Å². The number of amides is 1. The number of hydrogen-bond acceptors (Lipinski definition) is 3. The van der Waals surface area contributed by atoms with Crippen LogP contribution in [0.5, 0.6) is 0 Å². The summed E-state index contributed by atoms with van der Waals surface area (Å²) in [6.07, 6.45) is 2.02. The van der Waals surface area contributed by atoms with Gasteiger partial charge in [-0.05, 0) is 43.7 Å². The Balaban J connectivity index is 1.79. The van der Waals surface area contributed by atoms with Crippen LogP contribution in [0, 0.1) is 6.92 Å². The third kappa shape index (κ3) is 4.92. The third-order valence-corrected chi connectivity index (χ3v) is 3.56. The fourth-order valence-corrected chi connectivity index (χ4v) is 2.10. The Kier molecular flexibility index (Phi) is 5.42. The summed E-state index contributed by atoms with van der Waals surface area (Å²) in [7, 11) is 0. The average Bonchev–Trinajstić information content (AvgIpc) is 2.94. The first-order valence-corrected chi connectivity index (χ1v) is 7.24. The number of carbonyl (C=O) groups excluding carboxylic acids is 1. The first kappa shape index (κ1) is 15.6. The molecule has 0 aliphatic heterocycles. The van der Waals surface area contributed by atoms with E-state index in [0.717, 1.165) is 11.3 Å². The molecule has 0 aliphatic rings. The molecular weight excluding hydrogens is 288 g/mol. The number of benzene rings is 1. The van der Waals surface area contributed by atoms with Crippen molar-refractivity contribution < 1.29 is 9.21 Å². The van der Waals surface area contributed by atoms with E-state index in [4.69, 9.17) is 16.0 Å². The highest BCUT2D eigenvalue weighted by Crippen LogP contribution is 2.20. The number of furan rings is 1. The van der Waals surface area contributed by atoms with Gasteiger partial charge in [-0.1, -0.05) is 17.7 Å². The van der Waals surface area contributed by atoms with Gasteiger partial charge in [-0.25, -0.2) is 0 Å². The number of carbonyl (C=O) groups is 1. The topological polar surface area (TPSA) is 54.3 Å². The van der Waals surface area contributed by atoms with Crippen molar-refractivity contribution in [1.82, 2.24) is 5.32 Å². The van der Waals surface area contributed by atoms with Crippen LogP contribution in [0.15, 0.2) is 41.0 Å². The lowest BCUT2D eigenvalue weighted by Gasteiger charge is -2.13. The third-order valence-electron chi connectivity index (χ3n) is 3.15. The first-order chi connectivity index (χ1) is 10.0. The Morgan fingerprint density at radius 3 is 2.86 bits per heavy atom. The van der Waals surface area contributed by atoms with Gasteiger partial charge in [0.25, 0.3) is 0 Å². The van der Waals surface area contributed by atoms with Crippen LogP contribution in [-0.2, 0) is 11.3 Å². The highest BCUT2D eigenvalue weighted by atomic mass is 35.5. The fraction of sp³-hybridized carbons (Fsp3) is 0.312. The molecule has 0 saturated carbocycles. The average molecular weight is 307 g/mol. The SMILES string of the molecule is Cc1ccc(NC(=O)CC(C)NCc2ccco2)cc1Cl. The van der Waals surface area contributed by atoms with Crippen molar-refractivity contribution in [3.05, 3.63) is 52.9 Å². The van der Waals surface area contributed by atoms with Crippen LogP contribution in [0.4, 0.5) is 5.69 Å². The Hall–Kier alpha value is -1.78. The number of aryl methyl sites for hydroxylation is 1. The van der Waals surface area contributed by atoms with Crippen molar-refractivity contribution >= 4 is 23.2 Å². The van der Waals surface area contributed by atoms with E-state index < -0.39 is 0 Å². The van der Waals surface area contributed by atoms with Crippen LogP contribution in [0.25, 0.3) is 0 Å². The van der Waals surface area contributed by atoms with E-state index in [1.165, 1.54) is 0 Å². The van der Waals surface area contributed by atoms with Crippen LogP contribution in [0.1, 0.15) is 24.7 Å². The minimum atomic E-state index is -0.0469. The van der Waals surface area contributed by atoms with Crippen LogP contribution < -0.4 is 10.6 Å². The smallest absolute Gasteiger partial charge is 0.225 e. The molecule has 0 radical (unpaired) electrons. The van der Waals surface area contributed by atoms with Gasteiger partial charge in [-0.15, -0.1) is 0 Å². The van der Waals surface area contributed by atoms with E-state index in [-0.39, 0.29) is 11.9 Å². The Bertz CT molecular complexity index is 596. The summed E-state index contributed by atoms with van der Waals surface area (Å²) in [4.78, 5) is 12.0. The van der Waals surface area contributed by atoms with Crippen molar-refractivity contribution in [3.8, 4) is 0 Å². The largest absolute Gasteiger partial charge is 0.468 e. The summed E-state index contributed by atoms with van der Waals surface area (Å²) < 4.78 is 5.23. The van der Waals surface area contributed by atoms with Gasteiger partial charge in [0.2, 0.25) is 5.91 Å². The maximum atomic E-state index is 12.0. The highest BCUT2D eigenvalue weighted by Gasteiger charge is 2.10. The van der Waals surface area contributed by atoms with Crippen molar-refractivity contribution in [2.45, 2.75) is 32.9 Å². The normalized spacial score (nSPS) is 12.1. The number of nitrogens with one attached hydrogen (secondary N) is 2. The van der Waals surface area contributed by atoms with Crippen LogP contribution in [0.2, 0.25) is 5.02 Å². The predicted octanol–water partition coefficient (Wildman–Crippen LogP) is 3.75. The minimum Gasteiger partial charge on any atom is -0.468 e. The summed E-state index contributed by atoms with van der Waals surface area (Å²) in [5.41, 5.74) is 1.71. The molecule has 0 saturated heterocycles. The van der Waals surface area contributed by atoms with Crippen LogP contribution in [-0.4, -0.2) is 11.9 Å². The molecule has 1 atom stereocenters. The van der Waals surface area contributed by atoms with Crippen molar-refractivity contribution in [2.75, 3.05) is 5.32 Å². The molecule has 1 heterocycles. The Labute approximate surface area is 129 Å². The van der Waals surface area contributed by atoms with Gasteiger partial charge in [-0.3, -0.25) is 4.79 Å². The van der Waals surface area contributed by atoms with E-state index in [9.17, 15) is 4.79 Å². The minimum absolute atomic E-state index is 0.0469. The number of rotatable bonds is 6. The van der Waals surface area contributed by atoms with E-state index >= 15 is 0 Å². The van der Waals surface area contributed by atoms with E-state index in [1.54, 1.807) is 12.3 Å². The molecule has 1 unspecified atom stereocenters. The van der Waals surface area contributed by atoms with Crippen LogP contribution in [0.3, 0.4) is 0 Å². The number of anilines is 1. The zero-order valence-electron chi connectivity index (χ0n) is 12.2. The first-order valence-electron chi connectivity index (χ1n) is 6.86. The molecule has 1 amide bonds. The van der Waals surface area contributed by atoms with Gasteiger partial charge in [0.05, 0.1) is 12.8 Å². The van der Waals surface area contributed by atoms with Gasteiger partial charge in [-0.2, -0.15) is 0 Å². The molecule has 21 heavy (non-hydrogen) atoms. The maximum absolute atomic E-state index is 12.0. The molecule has 0 aliphatic carbocycles. The molecule has 0 spiro atoms. The molecular formula is C16H19ClN2O2. The van der Waals surface area contributed by atoms with Gasteiger partial charge in [0, 0.05) is 23.2 Å². The molecule has 4 nitrogen and oxygen atoms in total. The summed E-state index contributed by atoms with van der Waals surface area (Å²) in [5.74, 6) is 0.807. The molecule has 5 heteroatoms. The molecule has 2 aromatic rings. The van der Waals surface area contributed by atoms with E-state index in [1.807, 2.05) is 38.1 Å². The van der Waals surface area contributed by atoms with E-state index in [2.05, 4.69) is 10.6 Å². The lowest BCUT2D eigenvalue weighted by molar-refractivity contribution is -0.116. The second-order valence-electron chi connectivity index (χ2n) is 5.08. The Morgan fingerprint density at radius 2 is 2.19 bits per heavy atom. The molecule has 0 bridgehead atoms. The van der Waals surface area contributed by atoms with Gasteiger partial charge in [0.15, 0.2) is 0 Å². The summed E-state index contributed by atoms with van der Waals surface area (Å²) in [6, 6.07) is 9.28. The lowest BCUT2D eigenvalue weighted by atomic mass is 10.2. The second-order valence-corrected chi connectivity index (χ2v) is 5.48. The molecule has 0 fully saturated rings. The highest BCUT2D eigenvalue weighted by molar-refractivity contribution is 6.31. The quantitative estimate of drug-likeness (QED) is 0.854. The zero-order chi connectivity index (χ0) is 15.2. The monoisotopic (exact) mass is 306 g/mol. The second kappa shape index (κ2) is 7.29. The predicted molar refractivity (Wildman–Crippen MR) is 84.4 cm³/mol. The standard InChI is InChI=1S/C16H19ClN2O2/c1-11-5-6-13(9-15(11)17)19-16(20)8-12(2)18-10-14-4-3-7-21-14/h3-7,9,12,18H,8,10H2,1-2H3,(H,19,20). The molecule has 2 rings (SSSR count). The van der Waals surface area contributed by atoms with Crippen LogP contribution >= 0.6 is 11.6 Å². The zero-order valence-corrected chi connectivity index (χ0v) is 12.9.